The minimum atomic E-state index is -0.817. The van der Waals surface area contributed by atoms with E-state index in [1.165, 1.54) is 0 Å². The number of aromatic nitrogens is 2. The van der Waals surface area contributed by atoms with Crippen molar-refractivity contribution in [2.24, 2.45) is 5.73 Å². The molecule has 8 heteroatoms. The number of carbonyl (C=O) groups is 1. The first-order valence-corrected chi connectivity index (χ1v) is 6.15. The van der Waals surface area contributed by atoms with E-state index in [4.69, 9.17) is 41.2 Å². The smallest absolute Gasteiger partial charge is 0.404 e. The number of nitrogens with two attached hydrogens (primary N) is 1. The van der Waals surface area contributed by atoms with Gasteiger partial charge in [0.15, 0.2) is 4.77 Å². The van der Waals surface area contributed by atoms with Crippen LogP contribution >= 0.6 is 35.4 Å². The molecule has 2 rings (SSSR count). The summed E-state index contributed by atoms with van der Waals surface area (Å²) in [6, 6.07) is 3.40. The number of rotatable bonds is 3. The Bertz CT molecular complexity index is 665. The molecule has 0 aliphatic heterocycles. The number of nitrogens with one attached hydrogen (secondary N) is 1. The van der Waals surface area contributed by atoms with Crippen LogP contribution in [-0.2, 0) is 11.3 Å². The van der Waals surface area contributed by atoms with Gasteiger partial charge in [-0.15, -0.1) is 0 Å². The second-order valence-electron chi connectivity index (χ2n) is 3.53. The zero-order chi connectivity index (χ0) is 13.3. The fourth-order valence-electron chi connectivity index (χ4n) is 1.61. The lowest BCUT2D eigenvalue weighted by molar-refractivity contribution is 0.152. The molecular formula is C10H9Cl2N3O2S. The summed E-state index contributed by atoms with van der Waals surface area (Å²) < 4.78 is 6.93. The van der Waals surface area contributed by atoms with Gasteiger partial charge >= 0.3 is 6.09 Å². The Balaban J connectivity index is 2.37. The molecule has 0 saturated carbocycles. The van der Waals surface area contributed by atoms with Crippen LogP contribution in [0.25, 0.3) is 11.0 Å². The van der Waals surface area contributed by atoms with Crippen molar-refractivity contribution >= 4 is 52.5 Å². The van der Waals surface area contributed by atoms with Crippen molar-refractivity contribution < 1.29 is 9.53 Å². The predicted octanol–water partition coefficient (Wildman–Crippen LogP) is 3.10. The lowest BCUT2D eigenvalue weighted by Crippen LogP contribution is -2.16. The third-order valence-corrected chi connectivity index (χ3v) is 3.42. The summed E-state index contributed by atoms with van der Waals surface area (Å²) in [6.45, 7) is 0.524. The lowest BCUT2D eigenvalue weighted by atomic mass is 10.3. The molecule has 0 spiro atoms. The van der Waals surface area contributed by atoms with Crippen molar-refractivity contribution in [1.29, 1.82) is 0 Å². The van der Waals surface area contributed by atoms with E-state index in [-0.39, 0.29) is 6.61 Å². The zero-order valence-corrected chi connectivity index (χ0v) is 11.4. The average molecular weight is 306 g/mol. The first-order chi connectivity index (χ1) is 8.49. The number of ether oxygens (including phenoxy) is 1. The van der Waals surface area contributed by atoms with Crippen LogP contribution in [0.4, 0.5) is 4.79 Å². The van der Waals surface area contributed by atoms with Crippen molar-refractivity contribution in [3.05, 3.63) is 26.9 Å². The number of amides is 1. The number of imidazole rings is 1. The van der Waals surface area contributed by atoms with Gasteiger partial charge in [0.25, 0.3) is 0 Å². The summed E-state index contributed by atoms with van der Waals surface area (Å²) in [5.41, 5.74) is 6.45. The highest BCUT2D eigenvalue weighted by molar-refractivity contribution is 7.71. The molecule has 1 aromatic heterocycles. The minimum absolute atomic E-state index is 0.136. The van der Waals surface area contributed by atoms with Crippen molar-refractivity contribution in [2.45, 2.75) is 6.54 Å². The van der Waals surface area contributed by atoms with Crippen LogP contribution in [0.2, 0.25) is 10.0 Å². The topological polar surface area (TPSA) is 73.0 Å². The molecular weight excluding hydrogens is 297 g/mol. The van der Waals surface area contributed by atoms with Crippen LogP contribution in [0.15, 0.2) is 12.1 Å². The average Bonchev–Trinajstić information content (AvgIpc) is 2.56. The SMILES string of the molecule is NC(=O)OCCn1c(=S)[nH]c2cc(Cl)c(Cl)cc21. The third-order valence-electron chi connectivity index (χ3n) is 2.38. The largest absolute Gasteiger partial charge is 0.448 e. The van der Waals surface area contributed by atoms with E-state index >= 15 is 0 Å². The maximum atomic E-state index is 10.5. The van der Waals surface area contributed by atoms with Gasteiger partial charge in [-0.1, -0.05) is 23.2 Å². The molecule has 0 bridgehead atoms. The second kappa shape index (κ2) is 5.17. The first-order valence-electron chi connectivity index (χ1n) is 4.99. The normalized spacial score (nSPS) is 10.8. The summed E-state index contributed by atoms with van der Waals surface area (Å²) in [6.07, 6.45) is -0.817. The highest BCUT2D eigenvalue weighted by atomic mass is 35.5. The van der Waals surface area contributed by atoms with E-state index in [1.807, 2.05) is 0 Å². The van der Waals surface area contributed by atoms with E-state index in [1.54, 1.807) is 16.7 Å². The second-order valence-corrected chi connectivity index (χ2v) is 4.73. The highest BCUT2D eigenvalue weighted by Gasteiger charge is 2.08. The maximum Gasteiger partial charge on any atom is 0.404 e. The number of aromatic amines is 1. The summed E-state index contributed by atoms with van der Waals surface area (Å²) in [5.74, 6) is 0. The van der Waals surface area contributed by atoms with Gasteiger partial charge in [-0.3, -0.25) is 0 Å². The molecule has 96 valence electrons. The van der Waals surface area contributed by atoms with Crippen molar-refractivity contribution in [2.75, 3.05) is 6.61 Å². The molecule has 3 N–H and O–H groups in total. The van der Waals surface area contributed by atoms with Crippen LogP contribution in [0.5, 0.6) is 0 Å². The van der Waals surface area contributed by atoms with Crippen LogP contribution in [0.3, 0.4) is 0 Å². The van der Waals surface area contributed by atoms with E-state index in [2.05, 4.69) is 9.72 Å². The number of nitrogens with zero attached hydrogens (tertiary/aromatic N) is 1. The van der Waals surface area contributed by atoms with E-state index in [0.717, 1.165) is 11.0 Å². The number of benzene rings is 1. The third kappa shape index (κ3) is 2.60. The number of H-pyrrole nitrogens is 1. The molecule has 0 atom stereocenters. The monoisotopic (exact) mass is 305 g/mol. The summed E-state index contributed by atoms with van der Waals surface area (Å²) in [7, 11) is 0. The van der Waals surface area contributed by atoms with Crippen molar-refractivity contribution in [3.63, 3.8) is 0 Å². The van der Waals surface area contributed by atoms with Crippen LogP contribution in [-0.4, -0.2) is 22.3 Å². The molecule has 1 heterocycles. The van der Waals surface area contributed by atoms with Gasteiger partial charge in [0.05, 0.1) is 27.6 Å². The molecule has 0 unspecified atom stereocenters. The van der Waals surface area contributed by atoms with Gasteiger partial charge in [0.2, 0.25) is 0 Å². The lowest BCUT2D eigenvalue weighted by Gasteiger charge is -2.05. The van der Waals surface area contributed by atoms with Gasteiger partial charge < -0.3 is 20.0 Å². The van der Waals surface area contributed by atoms with E-state index < -0.39 is 6.09 Å². The Labute approximate surface area is 117 Å². The zero-order valence-electron chi connectivity index (χ0n) is 9.07. The Hall–Kier alpha value is -1.24. The molecule has 1 aromatic carbocycles. The standard InChI is InChI=1S/C10H9Cl2N3O2S/c11-5-3-7-8(4-6(5)12)15(10(18)14-7)1-2-17-9(13)16/h3-4H,1-2H2,(H2,13,16)(H,14,18). The van der Waals surface area contributed by atoms with Gasteiger partial charge in [0.1, 0.15) is 6.61 Å². The van der Waals surface area contributed by atoms with Gasteiger partial charge in [-0.05, 0) is 24.4 Å². The van der Waals surface area contributed by atoms with Crippen molar-refractivity contribution in [3.8, 4) is 0 Å². The van der Waals surface area contributed by atoms with Crippen LogP contribution in [0.1, 0.15) is 0 Å². The predicted molar refractivity (Wildman–Crippen MR) is 72.7 cm³/mol. The molecule has 0 saturated heterocycles. The number of fused-ring (bicyclic) bond motifs is 1. The number of hydrogen-bond donors (Lipinski definition) is 2. The molecule has 1 amide bonds. The van der Waals surface area contributed by atoms with Crippen LogP contribution < -0.4 is 5.73 Å². The first kappa shape index (κ1) is 13.2. The van der Waals surface area contributed by atoms with Crippen molar-refractivity contribution in [1.82, 2.24) is 9.55 Å². The summed E-state index contributed by atoms with van der Waals surface area (Å²) in [5, 5.41) is 0.878. The number of carbonyl (C=O) groups excluding carboxylic acids is 1. The summed E-state index contributed by atoms with van der Waals surface area (Å²) in [4.78, 5) is 13.5. The molecule has 18 heavy (non-hydrogen) atoms. The molecule has 0 radical (unpaired) electrons. The van der Waals surface area contributed by atoms with Crippen LogP contribution in [0, 0.1) is 4.77 Å². The quantitative estimate of drug-likeness (QED) is 0.856. The Kier molecular flexibility index (Phi) is 3.79. The molecule has 0 aliphatic carbocycles. The highest BCUT2D eigenvalue weighted by Crippen LogP contribution is 2.27. The van der Waals surface area contributed by atoms with Gasteiger partial charge in [-0.2, -0.15) is 0 Å². The summed E-state index contributed by atoms with van der Waals surface area (Å²) >= 11 is 17.0. The van der Waals surface area contributed by atoms with Gasteiger partial charge in [0, 0.05) is 0 Å². The fourth-order valence-corrected chi connectivity index (χ4v) is 2.23. The van der Waals surface area contributed by atoms with E-state index in [0.29, 0.717) is 21.4 Å². The maximum absolute atomic E-state index is 10.5. The molecule has 5 nitrogen and oxygen atoms in total. The number of primary amides is 1. The molecule has 0 fully saturated rings. The Morgan fingerprint density at radius 1 is 1.44 bits per heavy atom. The van der Waals surface area contributed by atoms with Gasteiger partial charge in [-0.25, -0.2) is 4.79 Å². The Morgan fingerprint density at radius 3 is 2.78 bits per heavy atom. The minimum Gasteiger partial charge on any atom is -0.448 e. The number of hydrogen-bond acceptors (Lipinski definition) is 3. The number of halogens is 2. The molecule has 0 aliphatic rings. The molecule has 2 aromatic rings. The Morgan fingerprint density at radius 2 is 2.11 bits per heavy atom. The van der Waals surface area contributed by atoms with E-state index in [9.17, 15) is 4.79 Å². The fraction of sp³-hybridized carbons (Fsp3) is 0.200.